The van der Waals surface area contributed by atoms with E-state index in [9.17, 15) is 8.42 Å². The third-order valence-corrected chi connectivity index (χ3v) is 6.12. The molecule has 1 aromatic rings. The minimum Gasteiger partial charge on any atom is -0.320 e. The van der Waals surface area contributed by atoms with Crippen LogP contribution < -0.4 is 10.5 Å². The van der Waals surface area contributed by atoms with E-state index in [4.69, 9.17) is 5.73 Å². The van der Waals surface area contributed by atoms with Crippen molar-refractivity contribution in [3.63, 3.8) is 0 Å². The van der Waals surface area contributed by atoms with Crippen LogP contribution in [0, 0.1) is 11.8 Å². The second-order valence-corrected chi connectivity index (χ2v) is 7.79. The Hall–Kier alpha value is -1.00. The molecule has 20 heavy (non-hydrogen) atoms. The van der Waals surface area contributed by atoms with Crippen molar-refractivity contribution in [1.29, 1.82) is 0 Å². The molecule has 0 radical (unpaired) electrons. The summed E-state index contributed by atoms with van der Waals surface area (Å²) in [6, 6.07) is 6.61. The van der Waals surface area contributed by atoms with E-state index in [0.29, 0.717) is 12.1 Å². The van der Waals surface area contributed by atoms with Crippen molar-refractivity contribution in [2.24, 2.45) is 5.73 Å². The van der Waals surface area contributed by atoms with Gasteiger partial charge in [0.05, 0.1) is 11.4 Å². The van der Waals surface area contributed by atoms with Crippen LogP contribution in [0.5, 0.6) is 0 Å². The Morgan fingerprint density at radius 1 is 1.45 bits per heavy atom. The van der Waals surface area contributed by atoms with Crippen molar-refractivity contribution in [2.45, 2.75) is 22.5 Å². The van der Waals surface area contributed by atoms with Crippen molar-refractivity contribution < 1.29 is 8.42 Å². The fraction of sp³-hybridized carbons (Fsp3) is 0.429. The second kappa shape index (κ2) is 6.19. The standard InChI is InChI=1S/C14H18N2O2S2/c1-19-14(7-8-14)11-16-20(17,18)13-6-2-4-12(10-13)5-3-9-15/h2,4,6,10,16H,7-9,11,15H2,1H3. The third-order valence-electron chi connectivity index (χ3n) is 3.30. The molecule has 6 heteroatoms. The van der Waals surface area contributed by atoms with Crippen LogP contribution in [0.1, 0.15) is 18.4 Å². The van der Waals surface area contributed by atoms with Gasteiger partial charge in [0.25, 0.3) is 0 Å². The number of nitrogens with one attached hydrogen (secondary N) is 1. The summed E-state index contributed by atoms with van der Waals surface area (Å²) < 4.78 is 27.3. The van der Waals surface area contributed by atoms with Crippen LogP contribution in [0.25, 0.3) is 0 Å². The SMILES string of the molecule is CSC1(CNS(=O)(=O)c2cccc(C#CCN)c2)CC1. The van der Waals surface area contributed by atoms with E-state index >= 15 is 0 Å². The van der Waals surface area contributed by atoms with E-state index < -0.39 is 10.0 Å². The normalized spacial score (nSPS) is 16.3. The zero-order chi connectivity index (χ0) is 14.6. The molecule has 1 aromatic carbocycles. The maximum Gasteiger partial charge on any atom is 0.240 e. The first-order valence-electron chi connectivity index (χ1n) is 6.35. The molecule has 0 heterocycles. The summed E-state index contributed by atoms with van der Waals surface area (Å²) in [6.45, 7) is 0.737. The maximum atomic E-state index is 12.3. The lowest BCUT2D eigenvalue weighted by molar-refractivity contribution is 0.579. The number of thioether (sulfide) groups is 1. The van der Waals surface area contributed by atoms with Gasteiger partial charge < -0.3 is 5.73 Å². The first-order chi connectivity index (χ1) is 9.51. The number of nitrogens with two attached hydrogens (primary N) is 1. The van der Waals surface area contributed by atoms with Gasteiger partial charge in [0, 0.05) is 16.9 Å². The van der Waals surface area contributed by atoms with E-state index in [0.717, 1.165) is 12.8 Å². The number of sulfonamides is 1. The smallest absolute Gasteiger partial charge is 0.240 e. The van der Waals surface area contributed by atoms with Crippen molar-refractivity contribution in [1.82, 2.24) is 4.72 Å². The van der Waals surface area contributed by atoms with E-state index in [2.05, 4.69) is 16.6 Å². The summed E-state index contributed by atoms with van der Waals surface area (Å²) in [4.78, 5) is 0.248. The molecular weight excluding hydrogens is 292 g/mol. The first-order valence-corrected chi connectivity index (χ1v) is 9.06. The van der Waals surface area contributed by atoms with Gasteiger partial charge in [-0.3, -0.25) is 0 Å². The molecule has 2 rings (SSSR count). The third kappa shape index (κ3) is 3.76. The van der Waals surface area contributed by atoms with Crippen LogP contribution in [0.4, 0.5) is 0 Å². The zero-order valence-electron chi connectivity index (χ0n) is 11.3. The van der Waals surface area contributed by atoms with Gasteiger partial charge in [-0.25, -0.2) is 13.1 Å². The number of rotatable bonds is 5. The van der Waals surface area contributed by atoms with Gasteiger partial charge >= 0.3 is 0 Å². The average molecular weight is 310 g/mol. The summed E-state index contributed by atoms with van der Waals surface area (Å²) in [5.41, 5.74) is 5.97. The highest BCUT2D eigenvalue weighted by Crippen LogP contribution is 2.46. The summed E-state index contributed by atoms with van der Waals surface area (Å²) in [5, 5.41) is 0. The van der Waals surface area contributed by atoms with Crippen molar-refractivity contribution in [3.8, 4) is 11.8 Å². The Balaban J connectivity index is 2.12. The molecule has 0 amide bonds. The maximum absolute atomic E-state index is 12.3. The highest BCUT2D eigenvalue weighted by atomic mass is 32.2. The molecule has 0 spiro atoms. The highest BCUT2D eigenvalue weighted by molar-refractivity contribution is 8.00. The molecule has 4 nitrogen and oxygen atoms in total. The minimum atomic E-state index is -3.47. The van der Waals surface area contributed by atoms with Crippen LogP contribution in [0.15, 0.2) is 29.2 Å². The highest BCUT2D eigenvalue weighted by Gasteiger charge is 2.42. The predicted octanol–water partition coefficient (Wildman–Crippen LogP) is 1.17. The van der Waals surface area contributed by atoms with Gasteiger partial charge in [-0.15, -0.1) is 0 Å². The molecule has 0 aliphatic heterocycles. The lowest BCUT2D eigenvalue weighted by Crippen LogP contribution is -2.31. The van der Waals surface area contributed by atoms with Crippen LogP contribution in [0.2, 0.25) is 0 Å². The van der Waals surface area contributed by atoms with Crippen LogP contribution in [-0.2, 0) is 10.0 Å². The number of benzene rings is 1. The Kier molecular flexibility index (Phi) is 4.76. The van der Waals surface area contributed by atoms with Crippen molar-refractivity contribution in [3.05, 3.63) is 29.8 Å². The molecular formula is C14H18N2O2S2. The molecule has 0 saturated heterocycles. The molecule has 1 saturated carbocycles. The van der Waals surface area contributed by atoms with Gasteiger partial charge in [-0.2, -0.15) is 11.8 Å². The predicted molar refractivity (Wildman–Crippen MR) is 83.0 cm³/mol. The lowest BCUT2D eigenvalue weighted by Gasteiger charge is -2.13. The van der Waals surface area contributed by atoms with Crippen molar-refractivity contribution in [2.75, 3.05) is 19.3 Å². The Morgan fingerprint density at radius 2 is 2.20 bits per heavy atom. The molecule has 0 atom stereocenters. The van der Waals surface area contributed by atoms with E-state index in [1.165, 1.54) is 0 Å². The second-order valence-electron chi connectivity index (χ2n) is 4.75. The van der Waals surface area contributed by atoms with E-state index in [-0.39, 0.29) is 16.2 Å². The largest absolute Gasteiger partial charge is 0.320 e. The summed E-state index contributed by atoms with van der Waals surface area (Å²) in [7, 11) is -3.47. The average Bonchev–Trinajstić information content (AvgIpc) is 3.24. The first kappa shape index (κ1) is 15.4. The molecule has 0 bridgehead atoms. The minimum absolute atomic E-state index is 0.101. The lowest BCUT2D eigenvalue weighted by atomic mass is 10.2. The Morgan fingerprint density at radius 3 is 2.80 bits per heavy atom. The number of hydrogen-bond donors (Lipinski definition) is 2. The summed E-state index contributed by atoms with van der Waals surface area (Å²) >= 11 is 1.73. The fourth-order valence-electron chi connectivity index (χ4n) is 1.80. The van der Waals surface area contributed by atoms with Crippen LogP contribution in [-0.4, -0.2) is 32.5 Å². The van der Waals surface area contributed by atoms with Gasteiger partial charge in [0.2, 0.25) is 10.0 Å². The molecule has 1 aliphatic carbocycles. The quantitative estimate of drug-likeness (QED) is 0.801. The van der Waals surface area contributed by atoms with Gasteiger partial charge in [0.15, 0.2) is 0 Å². The Labute approximate surface area is 124 Å². The summed E-state index contributed by atoms with van der Waals surface area (Å²) in [6.07, 6.45) is 4.15. The molecule has 1 aliphatic rings. The zero-order valence-corrected chi connectivity index (χ0v) is 13.0. The summed E-state index contributed by atoms with van der Waals surface area (Å²) in [5.74, 6) is 5.56. The molecule has 1 fully saturated rings. The van der Waals surface area contributed by atoms with Crippen LogP contribution in [0.3, 0.4) is 0 Å². The molecule has 0 unspecified atom stereocenters. The topological polar surface area (TPSA) is 72.2 Å². The Bertz CT molecular complexity index is 641. The number of hydrogen-bond acceptors (Lipinski definition) is 4. The monoisotopic (exact) mass is 310 g/mol. The van der Waals surface area contributed by atoms with E-state index in [1.807, 2.05) is 6.26 Å². The fourth-order valence-corrected chi connectivity index (χ4v) is 3.79. The van der Waals surface area contributed by atoms with Crippen molar-refractivity contribution >= 4 is 21.8 Å². The van der Waals surface area contributed by atoms with Gasteiger partial charge in [-0.1, -0.05) is 17.9 Å². The van der Waals surface area contributed by atoms with Gasteiger partial charge in [0.1, 0.15) is 0 Å². The molecule has 3 N–H and O–H groups in total. The van der Waals surface area contributed by atoms with Crippen LogP contribution >= 0.6 is 11.8 Å². The molecule has 108 valence electrons. The molecule has 0 aromatic heterocycles. The van der Waals surface area contributed by atoms with E-state index in [1.54, 1.807) is 36.0 Å². The van der Waals surface area contributed by atoms with Gasteiger partial charge in [-0.05, 0) is 37.3 Å².